The molecule has 0 aliphatic rings. The summed E-state index contributed by atoms with van der Waals surface area (Å²) in [6, 6.07) is 8.70. The molecule has 0 bridgehead atoms. The minimum absolute atomic E-state index is 0.0830. The van der Waals surface area contributed by atoms with E-state index in [-0.39, 0.29) is 18.2 Å². The number of nitrogens with zero attached hydrogens (tertiary/aromatic N) is 1. The lowest BCUT2D eigenvalue weighted by Crippen LogP contribution is -2.43. The van der Waals surface area contributed by atoms with Crippen molar-refractivity contribution < 1.29 is 18.7 Å². The monoisotopic (exact) mass is 377 g/mol. The molecule has 7 nitrogen and oxygen atoms in total. The van der Waals surface area contributed by atoms with E-state index in [9.17, 15) is 9.59 Å². The summed E-state index contributed by atoms with van der Waals surface area (Å²) in [5.41, 5.74) is 6.90. The van der Waals surface area contributed by atoms with Gasteiger partial charge in [-0.15, -0.1) is 0 Å². The van der Waals surface area contributed by atoms with Crippen LogP contribution in [0.1, 0.15) is 41.8 Å². The van der Waals surface area contributed by atoms with E-state index in [0.717, 1.165) is 11.3 Å². The highest BCUT2D eigenvalue weighted by atomic mass is 32.2. The number of hydrogen-bond acceptors (Lipinski definition) is 7. The fraction of sp³-hybridized carbons (Fsp3) is 0.389. The number of nitrogens with one attached hydrogen (secondary N) is 1. The molecule has 8 heteroatoms. The Hall–Kier alpha value is -2.32. The number of thioether (sulfide) groups is 1. The lowest BCUT2D eigenvalue weighted by atomic mass is 10.2. The molecule has 0 saturated heterocycles. The second-order valence-electron chi connectivity index (χ2n) is 5.64. The van der Waals surface area contributed by atoms with Crippen LogP contribution in [-0.4, -0.2) is 35.3 Å². The molecule has 0 spiro atoms. The van der Waals surface area contributed by atoms with E-state index in [1.165, 1.54) is 18.0 Å². The molecule has 0 radical (unpaired) electrons. The highest BCUT2D eigenvalue weighted by Crippen LogP contribution is 2.14. The van der Waals surface area contributed by atoms with Crippen LogP contribution in [-0.2, 0) is 15.3 Å². The SMILES string of the molecule is CCOC(=O)C(CSCc1ccccc1)NC(=O)c1coc(C(C)N)n1. The van der Waals surface area contributed by atoms with Gasteiger partial charge >= 0.3 is 5.97 Å². The number of hydrogen-bond donors (Lipinski definition) is 2. The Morgan fingerprint density at radius 2 is 2.08 bits per heavy atom. The van der Waals surface area contributed by atoms with Gasteiger partial charge in [-0.25, -0.2) is 9.78 Å². The molecule has 2 rings (SSSR count). The summed E-state index contributed by atoms with van der Waals surface area (Å²) >= 11 is 1.54. The van der Waals surface area contributed by atoms with Crippen LogP contribution >= 0.6 is 11.8 Å². The quantitative estimate of drug-likeness (QED) is 0.646. The van der Waals surface area contributed by atoms with Gasteiger partial charge in [0.15, 0.2) is 5.69 Å². The predicted molar refractivity (Wildman–Crippen MR) is 99.6 cm³/mol. The number of nitrogens with two attached hydrogens (primary N) is 1. The average molecular weight is 377 g/mol. The fourth-order valence-corrected chi connectivity index (χ4v) is 3.11. The van der Waals surface area contributed by atoms with Crippen molar-refractivity contribution in [2.24, 2.45) is 5.73 Å². The topological polar surface area (TPSA) is 107 Å². The molecule has 140 valence electrons. The number of oxazole rings is 1. The van der Waals surface area contributed by atoms with Gasteiger partial charge in [0.1, 0.15) is 12.3 Å². The van der Waals surface area contributed by atoms with Crippen molar-refractivity contribution in [2.45, 2.75) is 31.7 Å². The van der Waals surface area contributed by atoms with Crippen molar-refractivity contribution in [1.29, 1.82) is 0 Å². The largest absolute Gasteiger partial charge is 0.464 e. The molecule has 2 atom stereocenters. The molecule has 1 aromatic carbocycles. The van der Waals surface area contributed by atoms with E-state index in [1.54, 1.807) is 13.8 Å². The molecule has 2 aromatic rings. The van der Waals surface area contributed by atoms with Crippen molar-refractivity contribution in [3.8, 4) is 0 Å². The van der Waals surface area contributed by atoms with Gasteiger partial charge in [0.25, 0.3) is 5.91 Å². The number of ether oxygens (including phenoxy) is 1. The predicted octanol–water partition coefficient (Wildman–Crippen LogP) is 2.29. The third-order valence-corrected chi connectivity index (χ3v) is 4.52. The molecule has 0 fully saturated rings. The summed E-state index contributed by atoms with van der Waals surface area (Å²) in [5.74, 6) is 0.403. The lowest BCUT2D eigenvalue weighted by Gasteiger charge is -2.16. The van der Waals surface area contributed by atoms with Crippen molar-refractivity contribution in [3.63, 3.8) is 0 Å². The average Bonchev–Trinajstić information content (AvgIpc) is 3.12. The first-order valence-corrected chi connectivity index (χ1v) is 9.47. The number of benzene rings is 1. The molecule has 0 aliphatic carbocycles. The van der Waals surface area contributed by atoms with Gasteiger partial charge in [0.2, 0.25) is 5.89 Å². The summed E-state index contributed by atoms with van der Waals surface area (Å²) < 4.78 is 10.2. The van der Waals surface area contributed by atoms with Crippen LogP contribution < -0.4 is 11.1 Å². The van der Waals surface area contributed by atoms with Crippen LogP contribution in [0.15, 0.2) is 41.0 Å². The first kappa shape index (κ1) is 20.0. The van der Waals surface area contributed by atoms with Crippen LogP contribution in [0, 0.1) is 0 Å². The zero-order chi connectivity index (χ0) is 18.9. The maximum absolute atomic E-state index is 12.3. The molecule has 2 unspecified atom stereocenters. The highest BCUT2D eigenvalue weighted by molar-refractivity contribution is 7.98. The maximum Gasteiger partial charge on any atom is 0.329 e. The molecule has 1 amide bonds. The number of carbonyl (C=O) groups excluding carboxylic acids is 2. The smallest absolute Gasteiger partial charge is 0.329 e. The van der Waals surface area contributed by atoms with E-state index in [1.807, 2.05) is 30.3 Å². The van der Waals surface area contributed by atoms with Gasteiger partial charge in [-0.1, -0.05) is 30.3 Å². The second kappa shape index (κ2) is 9.98. The van der Waals surface area contributed by atoms with Gasteiger partial charge in [0.05, 0.1) is 12.6 Å². The third kappa shape index (κ3) is 5.89. The van der Waals surface area contributed by atoms with Gasteiger partial charge in [-0.05, 0) is 19.4 Å². The molecule has 26 heavy (non-hydrogen) atoms. The molecule has 0 saturated carbocycles. The molecule has 1 aromatic heterocycles. The first-order chi connectivity index (χ1) is 12.5. The minimum atomic E-state index is -0.772. The molecular formula is C18H23N3O4S. The van der Waals surface area contributed by atoms with Crippen LogP contribution in [0.5, 0.6) is 0 Å². The Labute approximate surface area is 156 Å². The van der Waals surface area contributed by atoms with Crippen LogP contribution in [0.4, 0.5) is 0 Å². The van der Waals surface area contributed by atoms with Gasteiger partial charge in [0, 0.05) is 11.5 Å². The maximum atomic E-state index is 12.3. The zero-order valence-corrected chi connectivity index (χ0v) is 15.6. The summed E-state index contributed by atoms with van der Waals surface area (Å²) in [7, 11) is 0. The minimum Gasteiger partial charge on any atom is -0.464 e. The number of aromatic nitrogens is 1. The first-order valence-electron chi connectivity index (χ1n) is 8.31. The Morgan fingerprint density at radius 1 is 1.35 bits per heavy atom. The van der Waals surface area contributed by atoms with E-state index in [4.69, 9.17) is 14.9 Å². The van der Waals surface area contributed by atoms with Crippen LogP contribution in [0.3, 0.4) is 0 Å². The van der Waals surface area contributed by atoms with Gasteiger partial charge in [-0.3, -0.25) is 4.79 Å². The van der Waals surface area contributed by atoms with Gasteiger partial charge in [-0.2, -0.15) is 11.8 Å². The van der Waals surface area contributed by atoms with E-state index in [0.29, 0.717) is 5.75 Å². The second-order valence-corrected chi connectivity index (χ2v) is 6.67. The van der Waals surface area contributed by atoms with E-state index >= 15 is 0 Å². The van der Waals surface area contributed by atoms with Crippen molar-refractivity contribution in [2.75, 3.05) is 12.4 Å². The Bertz CT molecular complexity index is 718. The van der Waals surface area contributed by atoms with E-state index in [2.05, 4.69) is 10.3 Å². The molecule has 0 aliphatic heterocycles. The number of carbonyl (C=O) groups is 2. The van der Waals surface area contributed by atoms with Crippen molar-refractivity contribution >= 4 is 23.6 Å². The summed E-state index contributed by atoms with van der Waals surface area (Å²) in [6.07, 6.45) is 1.23. The summed E-state index contributed by atoms with van der Waals surface area (Å²) in [6.45, 7) is 3.67. The molecule has 3 N–H and O–H groups in total. The van der Waals surface area contributed by atoms with Gasteiger partial charge < -0.3 is 20.2 Å². The summed E-state index contributed by atoms with van der Waals surface area (Å²) in [4.78, 5) is 28.5. The number of rotatable bonds is 9. The summed E-state index contributed by atoms with van der Waals surface area (Å²) in [5, 5.41) is 2.66. The highest BCUT2D eigenvalue weighted by Gasteiger charge is 2.24. The Morgan fingerprint density at radius 3 is 2.69 bits per heavy atom. The standard InChI is InChI=1S/C18H23N3O4S/c1-3-24-18(23)15(11-26-10-13-7-5-4-6-8-13)20-16(22)14-9-25-17(21-14)12(2)19/h4-9,12,15H,3,10-11,19H2,1-2H3,(H,20,22). The van der Waals surface area contributed by atoms with Crippen molar-refractivity contribution in [1.82, 2.24) is 10.3 Å². The normalized spacial score (nSPS) is 13.0. The van der Waals surface area contributed by atoms with Crippen LogP contribution in [0.25, 0.3) is 0 Å². The fourth-order valence-electron chi connectivity index (χ4n) is 2.11. The van der Waals surface area contributed by atoms with Crippen LogP contribution in [0.2, 0.25) is 0 Å². The molecule has 1 heterocycles. The Balaban J connectivity index is 1.96. The third-order valence-electron chi connectivity index (χ3n) is 3.42. The number of amides is 1. The molecular weight excluding hydrogens is 354 g/mol. The number of esters is 1. The Kier molecular flexibility index (Phi) is 7.68. The van der Waals surface area contributed by atoms with E-state index < -0.39 is 24.0 Å². The zero-order valence-electron chi connectivity index (χ0n) is 14.8. The lowest BCUT2D eigenvalue weighted by molar-refractivity contribution is -0.144. The van der Waals surface area contributed by atoms with Crippen molar-refractivity contribution in [3.05, 3.63) is 53.7 Å².